The highest BCUT2D eigenvalue weighted by atomic mass is 16.5. The normalized spacial score (nSPS) is 13.8. The molecule has 0 unspecified atom stereocenters. The van der Waals surface area contributed by atoms with Crippen molar-refractivity contribution in [3.8, 4) is 0 Å². The van der Waals surface area contributed by atoms with Gasteiger partial charge in [-0.25, -0.2) is 0 Å². The van der Waals surface area contributed by atoms with Crippen LogP contribution < -0.4 is 0 Å². The van der Waals surface area contributed by atoms with E-state index in [1.807, 2.05) is 0 Å². The molecule has 0 bridgehead atoms. The molecule has 0 aliphatic rings. The highest BCUT2D eigenvalue weighted by Crippen LogP contribution is 2.10. The highest BCUT2D eigenvalue weighted by molar-refractivity contribution is 4.86. The Balaban J connectivity index is 3.86. The maximum Gasteiger partial charge on any atom is 0.0758 e. The molecule has 0 N–H and O–H groups in total. The smallest absolute Gasteiger partial charge is 0.0758 e. The molecule has 0 saturated carbocycles. The number of ether oxygens (including phenoxy) is 2. The van der Waals surface area contributed by atoms with Gasteiger partial charge < -0.3 is 9.47 Å². The molecule has 0 aromatic heterocycles. The number of hydrogen-bond donors (Lipinski definition) is 0. The van der Waals surface area contributed by atoms with Crippen LogP contribution in [0.25, 0.3) is 0 Å². The molecule has 16 heavy (non-hydrogen) atoms. The first kappa shape index (κ1) is 14.9. The van der Waals surface area contributed by atoms with Crippen LogP contribution in [-0.2, 0) is 9.47 Å². The van der Waals surface area contributed by atoms with Gasteiger partial charge in [0.05, 0.1) is 25.4 Å². The van der Waals surface area contributed by atoms with Gasteiger partial charge in [0, 0.05) is 0 Å². The third-order valence-corrected chi connectivity index (χ3v) is 2.12. The third kappa shape index (κ3) is 7.21. The molecule has 0 aliphatic carbocycles. The molecule has 0 saturated heterocycles. The number of hydrogen-bond acceptors (Lipinski definition) is 2. The molecule has 2 heteroatoms. The van der Waals surface area contributed by atoms with E-state index in [0.29, 0.717) is 13.2 Å². The lowest BCUT2D eigenvalue weighted by molar-refractivity contribution is 0.0664. The Morgan fingerprint density at radius 3 is 1.38 bits per heavy atom. The standard InChI is InChI=1S/C14H22O2/c1-5-11-15-13(7-3)9-10-14(8-4)16-12-6-2/h5-8,13-14H,1-4,9-12H2/t13-,14+. The molecule has 0 fully saturated rings. The molecule has 0 amide bonds. The minimum atomic E-state index is 0.0489. The molecule has 0 aliphatic heterocycles. The first-order chi connectivity index (χ1) is 7.78. The fourth-order valence-electron chi connectivity index (χ4n) is 1.25. The molecule has 0 radical (unpaired) electrons. The highest BCUT2D eigenvalue weighted by Gasteiger charge is 2.08. The molecular formula is C14H22O2. The van der Waals surface area contributed by atoms with E-state index in [-0.39, 0.29) is 12.2 Å². The maximum absolute atomic E-state index is 5.49. The molecule has 0 aromatic rings. The molecule has 2 atom stereocenters. The van der Waals surface area contributed by atoms with Gasteiger partial charge in [-0.3, -0.25) is 0 Å². The summed E-state index contributed by atoms with van der Waals surface area (Å²) in [6.45, 7) is 15.8. The van der Waals surface area contributed by atoms with Crippen molar-refractivity contribution in [2.24, 2.45) is 0 Å². The summed E-state index contributed by atoms with van der Waals surface area (Å²) >= 11 is 0. The lowest BCUT2D eigenvalue weighted by atomic mass is 10.1. The van der Waals surface area contributed by atoms with Gasteiger partial charge in [-0.05, 0) is 12.8 Å². The molecule has 0 spiro atoms. The fraction of sp³-hybridized carbons (Fsp3) is 0.429. The van der Waals surface area contributed by atoms with Gasteiger partial charge in [0.25, 0.3) is 0 Å². The first-order valence-corrected chi connectivity index (χ1v) is 5.48. The Morgan fingerprint density at radius 2 is 1.12 bits per heavy atom. The van der Waals surface area contributed by atoms with E-state index in [1.165, 1.54) is 0 Å². The van der Waals surface area contributed by atoms with E-state index in [1.54, 1.807) is 24.3 Å². The van der Waals surface area contributed by atoms with E-state index in [0.717, 1.165) is 12.8 Å². The fourth-order valence-corrected chi connectivity index (χ4v) is 1.25. The van der Waals surface area contributed by atoms with Gasteiger partial charge in [-0.2, -0.15) is 0 Å². The van der Waals surface area contributed by atoms with Crippen LogP contribution >= 0.6 is 0 Å². The molecule has 0 heterocycles. The van der Waals surface area contributed by atoms with E-state index in [4.69, 9.17) is 9.47 Å². The van der Waals surface area contributed by atoms with Crippen LogP contribution in [0.4, 0.5) is 0 Å². The van der Waals surface area contributed by atoms with Crippen LogP contribution in [0.15, 0.2) is 50.6 Å². The van der Waals surface area contributed by atoms with Crippen LogP contribution in [0.3, 0.4) is 0 Å². The molecule has 90 valence electrons. The summed E-state index contributed by atoms with van der Waals surface area (Å²) in [6.07, 6.45) is 8.90. The predicted molar refractivity (Wildman–Crippen MR) is 69.5 cm³/mol. The SMILES string of the molecule is C=CCO[C@H](C=C)CC[C@H](C=C)OCC=C. The van der Waals surface area contributed by atoms with E-state index in [9.17, 15) is 0 Å². The van der Waals surface area contributed by atoms with Gasteiger partial charge in [0.15, 0.2) is 0 Å². The Kier molecular flexibility index (Phi) is 9.67. The van der Waals surface area contributed by atoms with Gasteiger partial charge >= 0.3 is 0 Å². The van der Waals surface area contributed by atoms with Crippen LogP contribution in [0.5, 0.6) is 0 Å². The third-order valence-electron chi connectivity index (χ3n) is 2.12. The van der Waals surface area contributed by atoms with Crippen molar-refractivity contribution in [1.29, 1.82) is 0 Å². The van der Waals surface area contributed by atoms with Crippen molar-refractivity contribution in [2.75, 3.05) is 13.2 Å². The van der Waals surface area contributed by atoms with Crippen LogP contribution in [-0.4, -0.2) is 25.4 Å². The van der Waals surface area contributed by atoms with Crippen molar-refractivity contribution < 1.29 is 9.47 Å². The lowest BCUT2D eigenvalue weighted by Crippen LogP contribution is -2.16. The molecule has 0 aromatic carbocycles. The minimum Gasteiger partial charge on any atom is -0.370 e. The largest absolute Gasteiger partial charge is 0.370 e. The van der Waals surface area contributed by atoms with E-state index < -0.39 is 0 Å². The Bertz CT molecular complexity index is 197. The van der Waals surface area contributed by atoms with Crippen molar-refractivity contribution in [3.63, 3.8) is 0 Å². The van der Waals surface area contributed by atoms with Gasteiger partial charge in [-0.1, -0.05) is 24.3 Å². The topological polar surface area (TPSA) is 18.5 Å². The monoisotopic (exact) mass is 222 g/mol. The number of rotatable bonds is 11. The van der Waals surface area contributed by atoms with Crippen molar-refractivity contribution >= 4 is 0 Å². The Hall–Kier alpha value is -1.12. The Morgan fingerprint density at radius 1 is 0.750 bits per heavy atom. The zero-order valence-electron chi connectivity index (χ0n) is 9.94. The Labute approximate surface area is 99.0 Å². The summed E-state index contributed by atoms with van der Waals surface area (Å²) in [5.74, 6) is 0. The molecule has 2 nitrogen and oxygen atoms in total. The average molecular weight is 222 g/mol. The van der Waals surface area contributed by atoms with Crippen molar-refractivity contribution in [2.45, 2.75) is 25.0 Å². The van der Waals surface area contributed by atoms with Gasteiger partial charge in [0.2, 0.25) is 0 Å². The van der Waals surface area contributed by atoms with Crippen LogP contribution in [0.2, 0.25) is 0 Å². The van der Waals surface area contributed by atoms with Crippen molar-refractivity contribution in [3.05, 3.63) is 50.6 Å². The molecular weight excluding hydrogens is 200 g/mol. The zero-order chi connectivity index (χ0) is 12.2. The quantitative estimate of drug-likeness (QED) is 0.499. The van der Waals surface area contributed by atoms with Crippen molar-refractivity contribution in [1.82, 2.24) is 0 Å². The second-order valence-electron chi connectivity index (χ2n) is 3.37. The molecule has 0 rings (SSSR count). The van der Waals surface area contributed by atoms with Crippen LogP contribution in [0.1, 0.15) is 12.8 Å². The lowest BCUT2D eigenvalue weighted by Gasteiger charge is -2.16. The second kappa shape index (κ2) is 10.4. The first-order valence-electron chi connectivity index (χ1n) is 5.48. The zero-order valence-corrected chi connectivity index (χ0v) is 9.94. The summed E-state index contributed by atoms with van der Waals surface area (Å²) in [6, 6.07) is 0. The van der Waals surface area contributed by atoms with E-state index in [2.05, 4.69) is 26.3 Å². The van der Waals surface area contributed by atoms with Crippen LogP contribution in [0, 0.1) is 0 Å². The minimum absolute atomic E-state index is 0.0489. The van der Waals surface area contributed by atoms with Gasteiger partial charge in [-0.15, -0.1) is 26.3 Å². The summed E-state index contributed by atoms with van der Waals surface area (Å²) in [7, 11) is 0. The van der Waals surface area contributed by atoms with Gasteiger partial charge in [0.1, 0.15) is 0 Å². The average Bonchev–Trinajstić information content (AvgIpc) is 2.33. The summed E-state index contributed by atoms with van der Waals surface area (Å²) in [4.78, 5) is 0. The summed E-state index contributed by atoms with van der Waals surface area (Å²) < 4.78 is 11.0. The summed E-state index contributed by atoms with van der Waals surface area (Å²) in [5, 5.41) is 0. The maximum atomic E-state index is 5.49. The van der Waals surface area contributed by atoms with E-state index >= 15 is 0 Å². The predicted octanol–water partition coefficient (Wildman–Crippen LogP) is 3.28. The second-order valence-corrected chi connectivity index (χ2v) is 3.37. The summed E-state index contributed by atoms with van der Waals surface area (Å²) in [5.41, 5.74) is 0.